The van der Waals surface area contributed by atoms with Gasteiger partial charge in [-0.05, 0) is 0 Å². The van der Waals surface area contributed by atoms with Gasteiger partial charge in [0.15, 0.2) is 41.8 Å². The molecule has 10 atom stereocenters. The number of halogens is 1. The standard InChI is InChI=1S/C26H35BrO17/c1-10(28)35-8-17-20(21(38-13(4)31)23(25(27)42-17)40-15(6)33)44-26-24(41-16(7)34)22(39-14(5)32)19(37-12(3)30)18(43-26)9-36-11(2)29/h17-26H,8-9H2,1-7H3/t17-,18-,19-,20-,21+,22?,23-,24-,25+,26+/m1/s1. The van der Waals surface area contributed by atoms with Crippen molar-refractivity contribution in [1.82, 2.24) is 0 Å². The highest BCUT2D eigenvalue weighted by atomic mass is 79.9. The third-order valence-corrected chi connectivity index (χ3v) is 6.61. The third kappa shape index (κ3) is 11.0. The van der Waals surface area contributed by atoms with E-state index in [0.29, 0.717) is 0 Å². The zero-order valence-corrected chi connectivity index (χ0v) is 26.6. The first-order valence-electron chi connectivity index (χ1n) is 13.2. The summed E-state index contributed by atoms with van der Waals surface area (Å²) in [5.41, 5.74) is 0. The number of carbonyl (C=O) groups excluding carboxylic acids is 7. The Bertz CT molecular complexity index is 1090. The molecule has 0 N–H and O–H groups in total. The summed E-state index contributed by atoms with van der Waals surface area (Å²) >= 11 is 3.23. The fraction of sp³-hybridized carbons (Fsp3) is 0.731. The molecule has 0 aromatic rings. The number of alkyl halides is 1. The van der Waals surface area contributed by atoms with Gasteiger partial charge in [-0.3, -0.25) is 33.6 Å². The third-order valence-electron chi connectivity index (χ3n) is 5.87. The lowest BCUT2D eigenvalue weighted by atomic mass is 9.96. The van der Waals surface area contributed by atoms with Gasteiger partial charge in [0.2, 0.25) is 0 Å². The van der Waals surface area contributed by atoms with E-state index < -0.39 is 115 Å². The van der Waals surface area contributed by atoms with Crippen LogP contribution in [-0.2, 0) is 80.9 Å². The van der Waals surface area contributed by atoms with E-state index in [-0.39, 0.29) is 0 Å². The number of hydrogen-bond acceptors (Lipinski definition) is 17. The Morgan fingerprint density at radius 1 is 0.477 bits per heavy atom. The molecule has 0 aromatic carbocycles. The van der Waals surface area contributed by atoms with Crippen molar-refractivity contribution < 1.29 is 80.9 Å². The fourth-order valence-electron chi connectivity index (χ4n) is 4.46. The van der Waals surface area contributed by atoms with Crippen molar-refractivity contribution in [2.75, 3.05) is 13.2 Å². The van der Waals surface area contributed by atoms with E-state index in [9.17, 15) is 33.6 Å². The van der Waals surface area contributed by atoms with Gasteiger partial charge < -0.3 is 47.4 Å². The molecule has 0 amide bonds. The summed E-state index contributed by atoms with van der Waals surface area (Å²) in [6.45, 7) is 6.57. The summed E-state index contributed by atoms with van der Waals surface area (Å²) in [4.78, 5) is 83.8. The highest BCUT2D eigenvalue weighted by Crippen LogP contribution is 2.36. The SMILES string of the molecule is CC(=O)OC[C@H]1O[C@H](Br)[C@H](OC(C)=O)[C@@H](OC(C)=O)[C@@H]1O[C@@H]1O[C@H](COC(C)=O)[C@@H](OC(C)=O)C(OC(C)=O)[C@H]1OC(C)=O. The van der Waals surface area contributed by atoms with Crippen LogP contribution >= 0.6 is 15.9 Å². The van der Waals surface area contributed by atoms with Crippen molar-refractivity contribution in [3.05, 3.63) is 0 Å². The second-order valence-electron chi connectivity index (χ2n) is 9.64. The van der Waals surface area contributed by atoms with Gasteiger partial charge in [-0.25, -0.2) is 0 Å². The van der Waals surface area contributed by atoms with Crippen LogP contribution in [0.3, 0.4) is 0 Å². The molecule has 1 unspecified atom stereocenters. The smallest absolute Gasteiger partial charge is 0.303 e. The van der Waals surface area contributed by atoms with Crippen LogP contribution in [0.5, 0.6) is 0 Å². The molecule has 0 aromatic heterocycles. The van der Waals surface area contributed by atoms with Crippen LogP contribution in [-0.4, -0.2) is 115 Å². The van der Waals surface area contributed by atoms with Gasteiger partial charge in [-0.15, -0.1) is 0 Å². The van der Waals surface area contributed by atoms with Crippen LogP contribution in [0.15, 0.2) is 0 Å². The Balaban J connectivity index is 2.66. The highest BCUT2D eigenvalue weighted by molar-refractivity contribution is 9.09. The molecule has 2 saturated heterocycles. The van der Waals surface area contributed by atoms with Gasteiger partial charge in [-0.1, -0.05) is 15.9 Å². The number of hydrogen-bond donors (Lipinski definition) is 0. The highest BCUT2D eigenvalue weighted by Gasteiger charge is 2.57. The van der Waals surface area contributed by atoms with Crippen molar-refractivity contribution in [1.29, 1.82) is 0 Å². The molecule has 2 rings (SSSR count). The van der Waals surface area contributed by atoms with Gasteiger partial charge in [0, 0.05) is 48.5 Å². The monoisotopic (exact) mass is 698 g/mol. The normalized spacial score (nSPS) is 31.5. The first kappa shape index (κ1) is 36.8. The van der Waals surface area contributed by atoms with Crippen LogP contribution in [0.25, 0.3) is 0 Å². The maximum Gasteiger partial charge on any atom is 0.303 e. The summed E-state index contributed by atoms with van der Waals surface area (Å²) in [6, 6.07) is 0. The second kappa shape index (κ2) is 16.6. The topological polar surface area (TPSA) is 212 Å². The van der Waals surface area contributed by atoms with E-state index in [1.165, 1.54) is 0 Å². The van der Waals surface area contributed by atoms with Crippen LogP contribution < -0.4 is 0 Å². The first-order valence-corrected chi connectivity index (χ1v) is 14.1. The molecule has 0 bridgehead atoms. The molecule has 18 heteroatoms. The Kier molecular flexibility index (Phi) is 13.9. The van der Waals surface area contributed by atoms with E-state index in [0.717, 1.165) is 48.5 Å². The molecular weight excluding hydrogens is 664 g/mol. The second-order valence-corrected chi connectivity index (χ2v) is 10.5. The molecule has 0 saturated carbocycles. The Labute approximate surface area is 260 Å². The van der Waals surface area contributed by atoms with Crippen molar-refractivity contribution in [3.8, 4) is 0 Å². The minimum Gasteiger partial charge on any atom is -0.463 e. The summed E-state index contributed by atoms with van der Waals surface area (Å²) in [6.07, 6.45) is -13.2. The maximum atomic E-state index is 12.2. The van der Waals surface area contributed by atoms with Gasteiger partial charge in [-0.2, -0.15) is 0 Å². The van der Waals surface area contributed by atoms with Gasteiger partial charge in [0.05, 0.1) is 0 Å². The molecule has 2 fully saturated rings. The molecule has 2 aliphatic rings. The number of ether oxygens (including phenoxy) is 10. The van der Waals surface area contributed by atoms with E-state index in [2.05, 4.69) is 15.9 Å². The summed E-state index contributed by atoms with van der Waals surface area (Å²) < 4.78 is 55.2. The average molecular weight is 699 g/mol. The quantitative estimate of drug-likeness (QED) is 0.158. The molecular formula is C26H35BrO17. The van der Waals surface area contributed by atoms with Crippen LogP contribution in [0.1, 0.15) is 48.5 Å². The van der Waals surface area contributed by atoms with Crippen LogP contribution in [0, 0.1) is 0 Å². The lowest BCUT2D eigenvalue weighted by Gasteiger charge is -2.48. The number of carbonyl (C=O) groups is 7. The predicted octanol–water partition coefficient (Wildman–Crippen LogP) is 0.00100. The lowest BCUT2D eigenvalue weighted by molar-refractivity contribution is -0.341. The Morgan fingerprint density at radius 3 is 1.27 bits per heavy atom. The van der Waals surface area contributed by atoms with Crippen LogP contribution in [0.4, 0.5) is 0 Å². The molecule has 0 spiro atoms. The number of esters is 7. The Morgan fingerprint density at radius 2 is 0.841 bits per heavy atom. The molecule has 17 nitrogen and oxygen atoms in total. The maximum absolute atomic E-state index is 12.2. The minimum atomic E-state index is -1.73. The molecule has 248 valence electrons. The van der Waals surface area contributed by atoms with Crippen molar-refractivity contribution in [2.24, 2.45) is 0 Å². The minimum absolute atomic E-state index is 0.460. The summed E-state index contributed by atoms with van der Waals surface area (Å²) in [5, 5.41) is -1.09. The molecule has 0 aliphatic carbocycles. The van der Waals surface area contributed by atoms with Gasteiger partial charge >= 0.3 is 41.8 Å². The van der Waals surface area contributed by atoms with Crippen molar-refractivity contribution >= 4 is 57.7 Å². The molecule has 0 radical (unpaired) electrons. The average Bonchev–Trinajstić information content (AvgIpc) is 2.87. The van der Waals surface area contributed by atoms with E-state index in [4.69, 9.17) is 47.4 Å². The summed E-state index contributed by atoms with van der Waals surface area (Å²) in [7, 11) is 0. The zero-order valence-electron chi connectivity index (χ0n) is 25.0. The molecule has 44 heavy (non-hydrogen) atoms. The van der Waals surface area contributed by atoms with Crippen LogP contribution in [0.2, 0.25) is 0 Å². The van der Waals surface area contributed by atoms with E-state index >= 15 is 0 Å². The van der Waals surface area contributed by atoms with E-state index in [1.807, 2.05) is 0 Å². The molecule has 2 heterocycles. The number of rotatable bonds is 11. The summed E-state index contributed by atoms with van der Waals surface area (Å²) in [5.74, 6) is -5.63. The Hall–Kier alpha value is -3.35. The largest absolute Gasteiger partial charge is 0.463 e. The van der Waals surface area contributed by atoms with Crippen molar-refractivity contribution in [3.63, 3.8) is 0 Å². The lowest BCUT2D eigenvalue weighted by Crippen LogP contribution is -2.66. The van der Waals surface area contributed by atoms with E-state index in [1.54, 1.807) is 0 Å². The van der Waals surface area contributed by atoms with Gasteiger partial charge in [0.25, 0.3) is 0 Å². The van der Waals surface area contributed by atoms with Crippen molar-refractivity contribution in [2.45, 2.75) is 109 Å². The zero-order chi connectivity index (χ0) is 33.3. The predicted molar refractivity (Wildman–Crippen MR) is 142 cm³/mol. The fourth-order valence-corrected chi connectivity index (χ4v) is 5.15. The molecule has 2 aliphatic heterocycles. The van der Waals surface area contributed by atoms with Gasteiger partial charge in [0.1, 0.15) is 31.5 Å². The first-order chi connectivity index (χ1) is 20.5.